The zero-order chi connectivity index (χ0) is 8.60. The number of thiol groups is 1. The van der Waals surface area contributed by atoms with Gasteiger partial charge in [0, 0.05) is 16.5 Å². The van der Waals surface area contributed by atoms with Crippen LogP contribution >= 0.6 is 12.6 Å². The molecule has 62 valence electrons. The lowest BCUT2D eigenvalue weighted by Gasteiger charge is -2.07. The van der Waals surface area contributed by atoms with E-state index in [4.69, 9.17) is 5.41 Å². The lowest BCUT2D eigenvalue weighted by Crippen LogP contribution is -2.06. The van der Waals surface area contributed by atoms with E-state index in [1.54, 1.807) is 6.21 Å². The van der Waals surface area contributed by atoms with Crippen LogP contribution in [0.15, 0.2) is 29.2 Å². The van der Waals surface area contributed by atoms with Crippen LogP contribution in [0.3, 0.4) is 0 Å². The van der Waals surface area contributed by atoms with Crippen molar-refractivity contribution >= 4 is 18.8 Å². The number of benzene rings is 1. The van der Waals surface area contributed by atoms with E-state index in [0.29, 0.717) is 0 Å². The van der Waals surface area contributed by atoms with Gasteiger partial charge in [-0.15, -0.1) is 12.6 Å². The van der Waals surface area contributed by atoms with Gasteiger partial charge in [0.05, 0.1) is 0 Å². The quantitative estimate of drug-likeness (QED) is 0.512. The Morgan fingerprint density at radius 3 is 2.25 bits per heavy atom. The van der Waals surface area contributed by atoms with Crippen molar-refractivity contribution in [2.45, 2.75) is 23.2 Å². The van der Waals surface area contributed by atoms with Crippen molar-refractivity contribution in [1.82, 2.24) is 0 Å². The molecule has 0 aliphatic heterocycles. The molecule has 0 saturated heterocycles. The molecule has 1 saturated carbocycles. The van der Waals surface area contributed by atoms with E-state index >= 15 is 0 Å². The van der Waals surface area contributed by atoms with Crippen LogP contribution in [-0.2, 0) is 5.41 Å². The summed E-state index contributed by atoms with van der Waals surface area (Å²) in [5, 5.41) is 7.31. The van der Waals surface area contributed by atoms with Gasteiger partial charge in [-0.2, -0.15) is 0 Å². The third kappa shape index (κ3) is 1.16. The summed E-state index contributed by atoms with van der Waals surface area (Å²) in [6, 6.07) is 8.12. The van der Waals surface area contributed by atoms with Crippen LogP contribution in [0.25, 0.3) is 0 Å². The fourth-order valence-electron chi connectivity index (χ4n) is 1.44. The van der Waals surface area contributed by atoms with Crippen LogP contribution in [0.1, 0.15) is 18.4 Å². The van der Waals surface area contributed by atoms with Gasteiger partial charge in [-0.25, -0.2) is 0 Å². The van der Waals surface area contributed by atoms with E-state index in [-0.39, 0.29) is 5.41 Å². The fraction of sp³-hybridized carbons (Fsp3) is 0.300. The smallest absolute Gasteiger partial charge is 0.0300 e. The second-order valence-electron chi connectivity index (χ2n) is 3.35. The maximum absolute atomic E-state index is 7.31. The van der Waals surface area contributed by atoms with Crippen LogP contribution in [0.4, 0.5) is 0 Å². The van der Waals surface area contributed by atoms with Gasteiger partial charge in [0.1, 0.15) is 0 Å². The van der Waals surface area contributed by atoms with Crippen LogP contribution in [0.5, 0.6) is 0 Å². The second-order valence-corrected chi connectivity index (χ2v) is 3.86. The molecule has 1 nitrogen and oxygen atoms in total. The molecular weight excluding hydrogens is 166 g/mol. The molecule has 1 aromatic rings. The molecule has 0 spiro atoms. The summed E-state index contributed by atoms with van der Waals surface area (Å²) >= 11 is 4.22. The van der Waals surface area contributed by atoms with Crippen molar-refractivity contribution in [3.05, 3.63) is 29.8 Å². The molecule has 0 amide bonds. The van der Waals surface area contributed by atoms with Gasteiger partial charge in [0.2, 0.25) is 0 Å². The standard InChI is InChI=1S/C10H11NS/c11-7-10(5-6-10)8-1-3-9(12)4-2-8/h1-4,7,11-12H,5-6H2. The largest absolute Gasteiger partial charge is 0.312 e. The lowest BCUT2D eigenvalue weighted by atomic mass is 9.98. The van der Waals surface area contributed by atoms with Gasteiger partial charge in [-0.05, 0) is 30.5 Å². The van der Waals surface area contributed by atoms with Gasteiger partial charge in [0.25, 0.3) is 0 Å². The first kappa shape index (κ1) is 7.87. The molecule has 0 radical (unpaired) electrons. The monoisotopic (exact) mass is 177 g/mol. The Bertz CT molecular complexity index is 298. The summed E-state index contributed by atoms with van der Waals surface area (Å²) in [6.07, 6.45) is 3.82. The molecule has 0 aromatic heterocycles. The van der Waals surface area contributed by atoms with Crippen LogP contribution in [0.2, 0.25) is 0 Å². The van der Waals surface area contributed by atoms with E-state index in [2.05, 4.69) is 24.8 Å². The van der Waals surface area contributed by atoms with E-state index < -0.39 is 0 Å². The molecule has 1 aliphatic carbocycles. The Balaban J connectivity index is 2.35. The molecule has 0 heterocycles. The number of rotatable bonds is 2. The van der Waals surface area contributed by atoms with Crippen LogP contribution < -0.4 is 0 Å². The summed E-state index contributed by atoms with van der Waals surface area (Å²) in [5.74, 6) is 0. The highest BCUT2D eigenvalue weighted by molar-refractivity contribution is 7.80. The van der Waals surface area contributed by atoms with E-state index in [0.717, 1.165) is 17.7 Å². The summed E-state index contributed by atoms with van der Waals surface area (Å²) in [7, 11) is 0. The molecule has 1 aliphatic rings. The number of nitrogens with one attached hydrogen (secondary N) is 1. The molecule has 2 heteroatoms. The topological polar surface area (TPSA) is 23.9 Å². The maximum atomic E-state index is 7.31. The summed E-state index contributed by atoms with van der Waals surface area (Å²) in [6.45, 7) is 0. The van der Waals surface area contributed by atoms with Gasteiger partial charge in [-0.1, -0.05) is 12.1 Å². The van der Waals surface area contributed by atoms with E-state index in [9.17, 15) is 0 Å². The highest BCUT2D eigenvalue weighted by Crippen LogP contribution is 2.46. The summed E-state index contributed by atoms with van der Waals surface area (Å²) < 4.78 is 0. The Hall–Kier alpha value is -0.760. The first-order chi connectivity index (χ1) is 5.77. The zero-order valence-corrected chi connectivity index (χ0v) is 7.64. The number of hydrogen-bond acceptors (Lipinski definition) is 2. The van der Waals surface area contributed by atoms with E-state index in [1.165, 1.54) is 5.56 Å². The molecular formula is C10H11NS. The van der Waals surface area contributed by atoms with Crippen molar-refractivity contribution < 1.29 is 0 Å². The maximum Gasteiger partial charge on any atom is 0.0300 e. The Labute approximate surface area is 77.7 Å². The SMILES string of the molecule is N=CC1(c2ccc(S)cc2)CC1. The Morgan fingerprint density at radius 1 is 1.25 bits per heavy atom. The third-order valence-electron chi connectivity index (χ3n) is 2.51. The fourth-order valence-corrected chi connectivity index (χ4v) is 1.59. The zero-order valence-electron chi connectivity index (χ0n) is 6.75. The molecule has 2 rings (SSSR count). The van der Waals surface area contributed by atoms with E-state index in [1.807, 2.05) is 12.1 Å². The van der Waals surface area contributed by atoms with Crippen LogP contribution in [-0.4, -0.2) is 6.21 Å². The van der Waals surface area contributed by atoms with Crippen molar-refractivity contribution in [3.63, 3.8) is 0 Å². The second kappa shape index (κ2) is 2.63. The molecule has 0 unspecified atom stereocenters. The van der Waals surface area contributed by atoms with Gasteiger partial charge in [0.15, 0.2) is 0 Å². The Kier molecular flexibility index (Phi) is 1.72. The van der Waals surface area contributed by atoms with Crippen LogP contribution in [0, 0.1) is 5.41 Å². The molecule has 1 N–H and O–H groups in total. The average molecular weight is 177 g/mol. The highest BCUT2D eigenvalue weighted by Gasteiger charge is 2.42. The van der Waals surface area contributed by atoms with Gasteiger partial charge in [-0.3, -0.25) is 0 Å². The minimum atomic E-state index is 0.0848. The normalized spacial score (nSPS) is 18.8. The van der Waals surface area contributed by atoms with Crippen molar-refractivity contribution in [3.8, 4) is 0 Å². The lowest BCUT2D eigenvalue weighted by molar-refractivity contribution is 0.962. The van der Waals surface area contributed by atoms with Crippen molar-refractivity contribution in [2.75, 3.05) is 0 Å². The predicted molar refractivity (Wildman–Crippen MR) is 53.4 cm³/mol. The summed E-state index contributed by atoms with van der Waals surface area (Å²) in [4.78, 5) is 0.986. The Morgan fingerprint density at radius 2 is 1.83 bits per heavy atom. The first-order valence-corrected chi connectivity index (χ1v) is 4.53. The molecule has 0 bridgehead atoms. The molecule has 1 fully saturated rings. The third-order valence-corrected chi connectivity index (χ3v) is 2.81. The highest BCUT2D eigenvalue weighted by atomic mass is 32.1. The molecule has 12 heavy (non-hydrogen) atoms. The first-order valence-electron chi connectivity index (χ1n) is 4.08. The van der Waals surface area contributed by atoms with Gasteiger partial charge < -0.3 is 5.41 Å². The minimum Gasteiger partial charge on any atom is -0.312 e. The van der Waals surface area contributed by atoms with Crippen molar-refractivity contribution in [2.24, 2.45) is 0 Å². The van der Waals surface area contributed by atoms with Gasteiger partial charge >= 0.3 is 0 Å². The predicted octanol–water partition coefficient (Wildman–Crippen LogP) is 2.66. The molecule has 0 atom stereocenters. The average Bonchev–Trinajstić information content (AvgIpc) is 2.86. The summed E-state index contributed by atoms with van der Waals surface area (Å²) in [5.41, 5.74) is 1.34. The number of hydrogen-bond donors (Lipinski definition) is 2. The minimum absolute atomic E-state index is 0.0848. The van der Waals surface area contributed by atoms with Crippen molar-refractivity contribution in [1.29, 1.82) is 5.41 Å². The molecule has 1 aromatic carbocycles.